The number of nitrogens with zero attached hydrogens (tertiary/aromatic N) is 2. The van der Waals surface area contributed by atoms with Gasteiger partial charge < -0.3 is 10.6 Å². The van der Waals surface area contributed by atoms with Gasteiger partial charge in [0.15, 0.2) is 0 Å². The Hall–Kier alpha value is -0.670. The topological polar surface area (TPSA) is 42.2 Å². The van der Waals surface area contributed by atoms with Crippen molar-refractivity contribution in [2.45, 2.75) is 45.1 Å². The van der Waals surface area contributed by atoms with E-state index in [9.17, 15) is 0 Å². The predicted molar refractivity (Wildman–Crippen MR) is 78.6 cm³/mol. The van der Waals surface area contributed by atoms with Gasteiger partial charge >= 0.3 is 0 Å². The molecule has 1 unspecified atom stereocenters. The van der Waals surface area contributed by atoms with Gasteiger partial charge in [-0.15, -0.1) is 0 Å². The Balaban J connectivity index is 2.30. The number of hydrogen-bond acceptors (Lipinski definition) is 3. The summed E-state index contributed by atoms with van der Waals surface area (Å²) >= 11 is 12.2. The standard InChI is InChI=1S/C13H19Cl2N3/c1-2-5-9-6-3-4-7-18(9)13-11(15)8-10(14)12(16)17-13/h8-9H,2-7H2,1H3,(H2,16,17). The summed E-state index contributed by atoms with van der Waals surface area (Å²) in [6.45, 7) is 3.20. The van der Waals surface area contributed by atoms with Crippen molar-refractivity contribution >= 4 is 34.8 Å². The molecule has 0 spiro atoms. The molecule has 1 aliphatic heterocycles. The van der Waals surface area contributed by atoms with Gasteiger partial charge in [-0.1, -0.05) is 36.5 Å². The van der Waals surface area contributed by atoms with E-state index in [0.29, 0.717) is 21.9 Å². The van der Waals surface area contributed by atoms with Crippen molar-refractivity contribution in [1.29, 1.82) is 0 Å². The Labute approximate surface area is 118 Å². The first kappa shape index (κ1) is 13.8. The summed E-state index contributed by atoms with van der Waals surface area (Å²) in [5, 5.41) is 1.02. The lowest BCUT2D eigenvalue weighted by Gasteiger charge is -2.37. The summed E-state index contributed by atoms with van der Waals surface area (Å²) in [6.07, 6.45) is 6.00. The summed E-state index contributed by atoms with van der Waals surface area (Å²) in [5.74, 6) is 1.15. The Morgan fingerprint density at radius 3 is 2.89 bits per heavy atom. The van der Waals surface area contributed by atoms with E-state index in [4.69, 9.17) is 28.9 Å². The Morgan fingerprint density at radius 1 is 1.39 bits per heavy atom. The Kier molecular flexibility index (Phi) is 4.57. The zero-order valence-corrected chi connectivity index (χ0v) is 12.1. The number of aromatic nitrogens is 1. The third-order valence-electron chi connectivity index (χ3n) is 3.46. The van der Waals surface area contributed by atoms with Crippen LogP contribution in [0.25, 0.3) is 0 Å². The number of nitrogens with two attached hydrogens (primary N) is 1. The molecule has 1 aromatic heterocycles. The first-order valence-corrected chi connectivity index (χ1v) is 7.27. The lowest BCUT2D eigenvalue weighted by molar-refractivity contribution is 0.432. The molecule has 18 heavy (non-hydrogen) atoms. The van der Waals surface area contributed by atoms with E-state index in [1.807, 2.05) is 0 Å². The van der Waals surface area contributed by atoms with Crippen molar-refractivity contribution < 1.29 is 0 Å². The predicted octanol–water partition coefficient (Wildman–Crippen LogP) is 4.13. The van der Waals surface area contributed by atoms with Crippen LogP contribution in [0, 0.1) is 0 Å². The van der Waals surface area contributed by atoms with Gasteiger partial charge in [0.05, 0.1) is 10.0 Å². The summed E-state index contributed by atoms with van der Waals surface area (Å²) < 4.78 is 0. The maximum atomic E-state index is 6.26. The van der Waals surface area contributed by atoms with Crippen molar-refractivity contribution in [3.63, 3.8) is 0 Å². The fraction of sp³-hybridized carbons (Fsp3) is 0.615. The highest BCUT2D eigenvalue weighted by molar-refractivity contribution is 6.37. The number of hydrogen-bond donors (Lipinski definition) is 1. The summed E-state index contributed by atoms with van der Waals surface area (Å²) in [6, 6.07) is 2.22. The molecular weight excluding hydrogens is 269 g/mol. The van der Waals surface area contributed by atoms with Gasteiger partial charge in [0.1, 0.15) is 11.6 Å². The largest absolute Gasteiger partial charge is 0.382 e. The molecule has 2 heterocycles. The number of pyridine rings is 1. The lowest BCUT2D eigenvalue weighted by atomic mass is 9.98. The van der Waals surface area contributed by atoms with Crippen LogP contribution in [0.3, 0.4) is 0 Å². The smallest absolute Gasteiger partial charge is 0.150 e. The van der Waals surface area contributed by atoms with Crippen LogP contribution in [0.5, 0.6) is 0 Å². The zero-order valence-electron chi connectivity index (χ0n) is 10.6. The zero-order chi connectivity index (χ0) is 13.1. The SMILES string of the molecule is CCCC1CCCCN1c1nc(N)c(Cl)cc1Cl. The average molecular weight is 288 g/mol. The van der Waals surface area contributed by atoms with E-state index in [1.54, 1.807) is 6.07 Å². The lowest BCUT2D eigenvalue weighted by Crippen LogP contribution is -2.40. The fourth-order valence-corrected chi connectivity index (χ4v) is 3.05. The number of rotatable bonds is 3. The Bertz CT molecular complexity index is 421. The van der Waals surface area contributed by atoms with E-state index in [0.717, 1.165) is 12.4 Å². The molecule has 1 aromatic rings. The van der Waals surface area contributed by atoms with Crippen molar-refractivity contribution in [3.05, 3.63) is 16.1 Å². The van der Waals surface area contributed by atoms with Crippen LogP contribution in [-0.4, -0.2) is 17.6 Å². The van der Waals surface area contributed by atoms with Crippen molar-refractivity contribution in [3.8, 4) is 0 Å². The van der Waals surface area contributed by atoms with Crippen molar-refractivity contribution in [2.75, 3.05) is 17.2 Å². The monoisotopic (exact) mass is 287 g/mol. The van der Waals surface area contributed by atoms with Gasteiger partial charge in [-0.05, 0) is 31.7 Å². The maximum absolute atomic E-state index is 6.26. The van der Waals surface area contributed by atoms with Crippen molar-refractivity contribution in [2.24, 2.45) is 0 Å². The summed E-state index contributed by atoms with van der Waals surface area (Å²) in [7, 11) is 0. The molecule has 0 radical (unpaired) electrons. The van der Waals surface area contributed by atoms with Gasteiger partial charge in [-0.2, -0.15) is 0 Å². The first-order valence-electron chi connectivity index (χ1n) is 6.51. The van der Waals surface area contributed by atoms with Gasteiger partial charge in [0.2, 0.25) is 0 Å². The van der Waals surface area contributed by atoms with Crippen LogP contribution in [0.1, 0.15) is 39.0 Å². The third kappa shape index (κ3) is 2.83. The summed E-state index contributed by atoms with van der Waals surface area (Å²) in [4.78, 5) is 6.66. The van der Waals surface area contributed by atoms with E-state index in [2.05, 4.69) is 16.8 Å². The first-order chi connectivity index (χ1) is 8.63. The number of anilines is 2. The molecule has 1 aliphatic rings. The molecule has 1 saturated heterocycles. The second-order valence-electron chi connectivity index (χ2n) is 4.79. The summed E-state index contributed by atoms with van der Waals surface area (Å²) in [5.41, 5.74) is 5.79. The highest BCUT2D eigenvalue weighted by atomic mass is 35.5. The average Bonchev–Trinajstić information content (AvgIpc) is 2.35. The van der Waals surface area contributed by atoms with Gasteiger partial charge in [-0.3, -0.25) is 0 Å². The molecule has 1 fully saturated rings. The van der Waals surface area contributed by atoms with E-state index < -0.39 is 0 Å². The second kappa shape index (κ2) is 5.98. The van der Waals surface area contributed by atoms with Crippen LogP contribution in [0.2, 0.25) is 10.0 Å². The molecule has 0 bridgehead atoms. The number of piperidine rings is 1. The third-order valence-corrected chi connectivity index (χ3v) is 4.04. The van der Waals surface area contributed by atoms with Crippen LogP contribution < -0.4 is 10.6 Å². The normalized spacial score (nSPS) is 20.2. The van der Waals surface area contributed by atoms with Crippen molar-refractivity contribution in [1.82, 2.24) is 4.98 Å². The van der Waals surface area contributed by atoms with Crippen LogP contribution in [-0.2, 0) is 0 Å². The molecule has 0 aliphatic carbocycles. The minimum atomic E-state index is 0.358. The molecule has 100 valence electrons. The molecule has 0 saturated carbocycles. The molecule has 2 rings (SSSR count). The second-order valence-corrected chi connectivity index (χ2v) is 5.61. The molecule has 5 heteroatoms. The van der Waals surface area contributed by atoms with E-state index in [-0.39, 0.29) is 0 Å². The number of halogens is 2. The molecule has 0 amide bonds. The molecule has 3 nitrogen and oxygen atoms in total. The van der Waals surface area contributed by atoms with Gasteiger partial charge in [-0.25, -0.2) is 4.98 Å². The quantitative estimate of drug-likeness (QED) is 0.909. The van der Waals surface area contributed by atoms with Crippen LogP contribution in [0.4, 0.5) is 11.6 Å². The Morgan fingerprint density at radius 2 is 2.17 bits per heavy atom. The minimum Gasteiger partial charge on any atom is -0.382 e. The molecular formula is C13H19Cl2N3. The number of nitrogen functional groups attached to an aromatic ring is 1. The highest BCUT2D eigenvalue weighted by Crippen LogP contribution is 2.34. The van der Waals surface area contributed by atoms with E-state index >= 15 is 0 Å². The molecule has 1 atom stereocenters. The van der Waals surface area contributed by atoms with E-state index in [1.165, 1.54) is 32.1 Å². The maximum Gasteiger partial charge on any atom is 0.150 e. The molecule has 0 aromatic carbocycles. The molecule has 2 N–H and O–H groups in total. The van der Waals surface area contributed by atoms with Crippen LogP contribution >= 0.6 is 23.2 Å². The fourth-order valence-electron chi connectivity index (χ4n) is 2.58. The minimum absolute atomic E-state index is 0.358. The highest BCUT2D eigenvalue weighted by Gasteiger charge is 2.25. The van der Waals surface area contributed by atoms with Gasteiger partial charge in [0, 0.05) is 12.6 Å². The van der Waals surface area contributed by atoms with Gasteiger partial charge in [0.25, 0.3) is 0 Å². The van der Waals surface area contributed by atoms with Crippen LogP contribution in [0.15, 0.2) is 6.07 Å².